The van der Waals surface area contributed by atoms with Crippen LogP contribution in [0.5, 0.6) is 5.75 Å². The normalized spacial score (nSPS) is 12.6. The van der Waals surface area contributed by atoms with Gasteiger partial charge in [-0.15, -0.1) is 0 Å². The molecule has 0 aliphatic carbocycles. The summed E-state index contributed by atoms with van der Waals surface area (Å²) in [6.07, 6.45) is 0.0431. The van der Waals surface area contributed by atoms with Crippen LogP contribution < -0.4 is 4.74 Å². The van der Waals surface area contributed by atoms with Gasteiger partial charge in [0, 0.05) is 5.56 Å². The number of carboxylic acid groups (broad SMARTS) is 1. The van der Waals surface area contributed by atoms with Gasteiger partial charge in [0.1, 0.15) is 5.75 Å². The summed E-state index contributed by atoms with van der Waals surface area (Å²) in [4.78, 5) is 11.0. The smallest absolute Gasteiger partial charge is 0.310 e. The highest BCUT2D eigenvalue weighted by atomic mass is 16.5. The van der Waals surface area contributed by atoms with E-state index in [2.05, 4.69) is 0 Å². The Morgan fingerprint density at radius 1 is 1.31 bits per heavy atom. The Morgan fingerprint density at radius 2 is 1.94 bits per heavy atom. The lowest BCUT2D eigenvalue weighted by atomic mass is 9.95. The molecular weight excluding hydrogens is 204 g/mol. The Balaban J connectivity index is 3.17. The van der Waals surface area contributed by atoms with Crippen LogP contribution in [-0.4, -0.2) is 17.2 Å². The maximum Gasteiger partial charge on any atom is 0.310 e. The van der Waals surface area contributed by atoms with Gasteiger partial charge in [-0.2, -0.15) is 0 Å². The van der Waals surface area contributed by atoms with Gasteiger partial charge in [0.15, 0.2) is 0 Å². The molecule has 0 spiro atoms. The standard InChI is InChI=1S/C13H18O3/c1-8(2)16-11-7-5-6-9(3)12(11)10(4)13(14)15/h5-8,10H,1-4H3,(H,14,15). The highest BCUT2D eigenvalue weighted by Gasteiger charge is 2.20. The first-order valence-corrected chi connectivity index (χ1v) is 5.42. The van der Waals surface area contributed by atoms with Crippen molar-refractivity contribution in [3.05, 3.63) is 29.3 Å². The highest BCUT2D eigenvalue weighted by molar-refractivity contribution is 5.77. The molecule has 0 aliphatic heterocycles. The van der Waals surface area contributed by atoms with E-state index in [1.165, 1.54) is 0 Å². The van der Waals surface area contributed by atoms with E-state index in [-0.39, 0.29) is 6.10 Å². The minimum absolute atomic E-state index is 0.0431. The summed E-state index contributed by atoms with van der Waals surface area (Å²) >= 11 is 0. The van der Waals surface area contributed by atoms with Crippen molar-refractivity contribution in [2.75, 3.05) is 0 Å². The number of hydrogen-bond donors (Lipinski definition) is 1. The number of carbonyl (C=O) groups is 1. The van der Waals surface area contributed by atoms with Crippen LogP contribution in [0.25, 0.3) is 0 Å². The summed E-state index contributed by atoms with van der Waals surface area (Å²) in [7, 11) is 0. The Bertz CT molecular complexity index is 383. The van der Waals surface area contributed by atoms with Crippen LogP contribution in [0.15, 0.2) is 18.2 Å². The van der Waals surface area contributed by atoms with E-state index in [9.17, 15) is 4.79 Å². The third kappa shape index (κ3) is 2.75. The topological polar surface area (TPSA) is 46.5 Å². The molecule has 1 rings (SSSR count). The van der Waals surface area contributed by atoms with Gasteiger partial charge in [-0.05, 0) is 39.3 Å². The fraction of sp³-hybridized carbons (Fsp3) is 0.462. The monoisotopic (exact) mass is 222 g/mol. The third-order valence-electron chi connectivity index (χ3n) is 2.45. The predicted molar refractivity (Wildman–Crippen MR) is 63.0 cm³/mol. The zero-order chi connectivity index (χ0) is 12.3. The Morgan fingerprint density at radius 3 is 2.44 bits per heavy atom. The van der Waals surface area contributed by atoms with E-state index in [1.54, 1.807) is 6.92 Å². The van der Waals surface area contributed by atoms with Crippen molar-refractivity contribution in [1.82, 2.24) is 0 Å². The molecule has 1 N–H and O–H groups in total. The number of hydrogen-bond acceptors (Lipinski definition) is 2. The second-order valence-corrected chi connectivity index (χ2v) is 4.21. The SMILES string of the molecule is Cc1cccc(OC(C)C)c1C(C)C(=O)O. The van der Waals surface area contributed by atoms with E-state index in [0.29, 0.717) is 5.75 Å². The molecular formula is C13H18O3. The number of aryl methyl sites for hydroxylation is 1. The van der Waals surface area contributed by atoms with Crippen molar-refractivity contribution in [2.45, 2.75) is 39.7 Å². The predicted octanol–water partition coefficient (Wildman–Crippen LogP) is 2.97. The zero-order valence-corrected chi connectivity index (χ0v) is 10.2. The molecule has 0 aliphatic rings. The number of benzene rings is 1. The molecule has 1 aromatic rings. The average molecular weight is 222 g/mol. The summed E-state index contributed by atoms with van der Waals surface area (Å²) in [5.74, 6) is -0.706. The summed E-state index contributed by atoms with van der Waals surface area (Å²) in [5, 5.41) is 9.06. The average Bonchev–Trinajstić information content (AvgIpc) is 2.16. The largest absolute Gasteiger partial charge is 0.491 e. The first-order valence-electron chi connectivity index (χ1n) is 5.42. The van der Waals surface area contributed by atoms with Crippen molar-refractivity contribution in [3.63, 3.8) is 0 Å². The molecule has 0 heterocycles. The molecule has 0 radical (unpaired) electrons. The quantitative estimate of drug-likeness (QED) is 0.851. The molecule has 3 nitrogen and oxygen atoms in total. The van der Waals surface area contributed by atoms with Gasteiger partial charge < -0.3 is 9.84 Å². The van der Waals surface area contributed by atoms with Gasteiger partial charge in [0.25, 0.3) is 0 Å². The lowest BCUT2D eigenvalue weighted by Gasteiger charge is -2.18. The van der Waals surface area contributed by atoms with E-state index in [4.69, 9.17) is 9.84 Å². The maximum atomic E-state index is 11.0. The number of rotatable bonds is 4. The van der Waals surface area contributed by atoms with Gasteiger partial charge in [0.05, 0.1) is 12.0 Å². The maximum absolute atomic E-state index is 11.0. The summed E-state index contributed by atoms with van der Waals surface area (Å²) in [6.45, 7) is 7.44. The number of aliphatic carboxylic acids is 1. The summed E-state index contributed by atoms with van der Waals surface area (Å²) in [6, 6.07) is 5.61. The second kappa shape index (κ2) is 5.01. The van der Waals surface area contributed by atoms with Crippen LogP contribution in [0.3, 0.4) is 0 Å². The highest BCUT2D eigenvalue weighted by Crippen LogP contribution is 2.30. The summed E-state index contributed by atoms with van der Waals surface area (Å²) < 4.78 is 5.63. The molecule has 0 saturated carbocycles. The molecule has 1 unspecified atom stereocenters. The van der Waals surface area contributed by atoms with E-state index >= 15 is 0 Å². The Labute approximate surface area is 96.1 Å². The minimum atomic E-state index is -0.831. The van der Waals surface area contributed by atoms with Crippen LogP contribution in [0.1, 0.15) is 37.8 Å². The van der Waals surface area contributed by atoms with Gasteiger partial charge in [0.2, 0.25) is 0 Å². The molecule has 16 heavy (non-hydrogen) atoms. The molecule has 0 bridgehead atoms. The fourth-order valence-corrected chi connectivity index (χ4v) is 1.69. The molecule has 1 atom stereocenters. The molecule has 0 saturated heterocycles. The van der Waals surface area contributed by atoms with E-state index in [0.717, 1.165) is 11.1 Å². The van der Waals surface area contributed by atoms with Crippen molar-refractivity contribution < 1.29 is 14.6 Å². The van der Waals surface area contributed by atoms with Gasteiger partial charge in [-0.25, -0.2) is 0 Å². The van der Waals surface area contributed by atoms with Gasteiger partial charge in [-0.1, -0.05) is 12.1 Å². The van der Waals surface area contributed by atoms with Crippen molar-refractivity contribution in [1.29, 1.82) is 0 Å². The van der Waals surface area contributed by atoms with Crippen LogP contribution >= 0.6 is 0 Å². The van der Waals surface area contributed by atoms with E-state index in [1.807, 2.05) is 39.0 Å². The molecule has 0 amide bonds. The van der Waals surface area contributed by atoms with Crippen molar-refractivity contribution >= 4 is 5.97 Å². The Hall–Kier alpha value is -1.51. The van der Waals surface area contributed by atoms with E-state index < -0.39 is 11.9 Å². The molecule has 1 aromatic carbocycles. The van der Waals surface area contributed by atoms with Crippen LogP contribution in [0.2, 0.25) is 0 Å². The van der Waals surface area contributed by atoms with Gasteiger partial charge >= 0.3 is 5.97 Å². The minimum Gasteiger partial charge on any atom is -0.491 e. The third-order valence-corrected chi connectivity index (χ3v) is 2.45. The van der Waals surface area contributed by atoms with Gasteiger partial charge in [-0.3, -0.25) is 4.79 Å². The number of carboxylic acids is 1. The zero-order valence-electron chi connectivity index (χ0n) is 10.2. The van der Waals surface area contributed by atoms with Crippen LogP contribution in [0, 0.1) is 6.92 Å². The van der Waals surface area contributed by atoms with Crippen LogP contribution in [0.4, 0.5) is 0 Å². The first-order chi connectivity index (χ1) is 7.43. The van der Waals surface area contributed by atoms with Crippen LogP contribution in [-0.2, 0) is 4.79 Å². The lowest BCUT2D eigenvalue weighted by Crippen LogP contribution is -2.14. The van der Waals surface area contributed by atoms with Crippen molar-refractivity contribution in [2.24, 2.45) is 0 Å². The van der Waals surface area contributed by atoms with Crippen molar-refractivity contribution in [3.8, 4) is 5.75 Å². The second-order valence-electron chi connectivity index (χ2n) is 4.21. The summed E-state index contributed by atoms with van der Waals surface area (Å²) in [5.41, 5.74) is 1.72. The molecule has 88 valence electrons. The lowest BCUT2D eigenvalue weighted by molar-refractivity contribution is -0.138. The number of ether oxygens (including phenoxy) is 1. The molecule has 0 aromatic heterocycles. The molecule has 0 fully saturated rings. The Kier molecular flexibility index (Phi) is 3.93. The fourth-order valence-electron chi connectivity index (χ4n) is 1.69. The first kappa shape index (κ1) is 12.6. The molecule has 3 heteroatoms.